The first-order chi connectivity index (χ1) is 6.15. The van der Waals surface area contributed by atoms with Gasteiger partial charge in [-0.15, -0.1) is 0 Å². The van der Waals surface area contributed by atoms with E-state index in [4.69, 9.17) is 5.73 Å². The lowest BCUT2D eigenvalue weighted by molar-refractivity contribution is 0.115. The van der Waals surface area contributed by atoms with Gasteiger partial charge >= 0.3 is 0 Å². The number of halogens is 2. The lowest BCUT2D eigenvalue weighted by atomic mass is 10.0. The Bertz CT molecular complexity index is 276. The molecule has 1 heterocycles. The molecular weight excluding hydrogens is 174 g/mol. The third kappa shape index (κ3) is 2.45. The molecule has 72 valence electrons. The first-order valence-corrected chi connectivity index (χ1v) is 4.06. The summed E-state index contributed by atoms with van der Waals surface area (Å²) in [6.07, 6.45) is -0.922. The van der Waals surface area contributed by atoms with Crippen molar-refractivity contribution in [2.24, 2.45) is 5.73 Å². The molecular formula is C9H12F2N2. The number of nitrogens with two attached hydrogens (primary N) is 1. The summed E-state index contributed by atoms with van der Waals surface area (Å²) >= 11 is 0. The number of pyridine rings is 1. The van der Waals surface area contributed by atoms with E-state index in [-0.39, 0.29) is 6.54 Å². The van der Waals surface area contributed by atoms with Crippen LogP contribution in [0.5, 0.6) is 0 Å². The smallest absolute Gasteiger partial charge is 0.248 e. The van der Waals surface area contributed by atoms with Gasteiger partial charge in [0, 0.05) is 12.7 Å². The molecule has 1 atom stereocenters. The van der Waals surface area contributed by atoms with Crippen LogP contribution in [0.25, 0.3) is 0 Å². The summed E-state index contributed by atoms with van der Waals surface area (Å²) in [5.74, 6) is -0.945. The van der Waals surface area contributed by atoms with Gasteiger partial charge in [0.05, 0.1) is 11.6 Å². The molecule has 0 bridgehead atoms. The highest BCUT2D eigenvalue weighted by molar-refractivity contribution is 5.18. The molecule has 0 spiro atoms. The number of alkyl halides is 2. The quantitative estimate of drug-likeness (QED) is 0.780. The Morgan fingerprint density at radius 2 is 2.23 bits per heavy atom. The molecule has 0 aliphatic heterocycles. The van der Waals surface area contributed by atoms with Crippen LogP contribution in [0.2, 0.25) is 0 Å². The van der Waals surface area contributed by atoms with Crippen LogP contribution < -0.4 is 5.73 Å². The SMILES string of the molecule is Cc1ccnc(C(CN)C(F)F)c1. The number of aryl methyl sites for hydroxylation is 1. The van der Waals surface area contributed by atoms with E-state index in [1.165, 1.54) is 6.20 Å². The van der Waals surface area contributed by atoms with Crippen LogP contribution in [0, 0.1) is 6.92 Å². The Hall–Kier alpha value is -1.03. The van der Waals surface area contributed by atoms with Crippen molar-refractivity contribution >= 4 is 0 Å². The first kappa shape index (κ1) is 10.1. The zero-order chi connectivity index (χ0) is 9.84. The highest BCUT2D eigenvalue weighted by Crippen LogP contribution is 2.20. The fraction of sp³-hybridized carbons (Fsp3) is 0.444. The second-order valence-corrected chi connectivity index (χ2v) is 2.93. The average molecular weight is 186 g/mol. The number of hydrogen-bond donors (Lipinski definition) is 1. The summed E-state index contributed by atoms with van der Waals surface area (Å²) in [7, 11) is 0. The van der Waals surface area contributed by atoms with Crippen LogP contribution in [0.4, 0.5) is 8.78 Å². The molecule has 0 fully saturated rings. The van der Waals surface area contributed by atoms with Crippen LogP contribution in [-0.4, -0.2) is 18.0 Å². The maximum absolute atomic E-state index is 12.4. The van der Waals surface area contributed by atoms with Crippen molar-refractivity contribution < 1.29 is 8.78 Å². The van der Waals surface area contributed by atoms with Gasteiger partial charge in [0.25, 0.3) is 0 Å². The van der Waals surface area contributed by atoms with Gasteiger partial charge < -0.3 is 5.73 Å². The van der Waals surface area contributed by atoms with Crippen molar-refractivity contribution in [1.29, 1.82) is 0 Å². The molecule has 0 aliphatic carbocycles. The molecule has 4 heteroatoms. The number of rotatable bonds is 3. The highest BCUT2D eigenvalue weighted by Gasteiger charge is 2.21. The third-order valence-electron chi connectivity index (χ3n) is 1.87. The zero-order valence-corrected chi connectivity index (χ0v) is 7.37. The molecule has 2 N–H and O–H groups in total. The summed E-state index contributed by atoms with van der Waals surface area (Å²) in [5, 5.41) is 0. The van der Waals surface area contributed by atoms with E-state index >= 15 is 0 Å². The largest absolute Gasteiger partial charge is 0.330 e. The van der Waals surface area contributed by atoms with Crippen LogP contribution in [0.15, 0.2) is 18.3 Å². The number of hydrogen-bond acceptors (Lipinski definition) is 2. The standard InChI is InChI=1S/C9H12F2N2/c1-6-2-3-13-8(4-6)7(5-12)9(10)11/h2-4,7,9H,5,12H2,1H3. The van der Waals surface area contributed by atoms with Gasteiger partial charge in [-0.3, -0.25) is 4.98 Å². The fourth-order valence-corrected chi connectivity index (χ4v) is 1.12. The molecule has 0 saturated heterocycles. The Labute approximate surface area is 75.8 Å². The van der Waals surface area contributed by atoms with Crippen molar-refractivity contribution in [3.8, 4) is 0 Å². The van der Waals surface area contributed by atoms with Crippen molar-refractivity contribution in [2.45, 2.75) is 19.3 Å². The predicted octanol–water partition coefficient (Wildman–Crippen LogP) is 1.70. The van der Waals surface area contributed by atoms with E-state index in [0.29, 0.717) is 5.69 Å². The van der Waals surface area contributed by atoms with E-state index in [1.807, 2.05) is 6.92 Å². The normalized spacial score (nSPS) is 13.3. The van der Waals surface area contributed by atoms with Crippen LogP contribution in [-0.2, 0) is 0 Å². The molecule has 0 aliphatic rings. The van der Waals surface area contributed by atoms with Crippen molar-refractivity contribution in [2.75, 3.05) is 6.54 Å². The highest BCUT2D eigenvalue weighted by atomic mass is 19.3. The van der Waals surface area contributed by atoms with E-state index in [2.05, 4.69) is 4.98 Å². The van der Waals surface area contributed by atoms with Gasteiger partial charge in [-0.05, 0) is 24.6 Å². The van der Waals surface area contributed by atoms with E-state index in [9.17, 15) is 8.78 Å². The third-order valence-corrected chi connectivity index (χ3v) is 1.87. The Balaban J connectivity index is 2.91. The van der Waals surface area contributed by atoms with Crippen molar-refractivity contribution in [1.82, 2.24) is 4.98 Å². The van der Waals surface area contributed by atoms with Gasteiger partial charge in [-0.2, -0.15) is 0 Å². The van der Waals surface area contributed by atoms with Gasteiger partial charge in [0.1, 0.15) is 0 Å². The second kappa shape index (κ2) is 4.28. The van der Waals surface area contributed by atoms with E-state index < -0.39 is 12.3 Å². The van der Waals surface area contributed by atoms with Crippen LogP contribution in [0.3, 0.4) is 0 Å². The van der Waals surface area contributed by atoms with Crippen LogP contribution >= 0.6 is 0 Å². The molecule has 0 saturated carbocycles. The maximum Gasteiger partial charge on any atom is 0.248 e. The molecule has 0 amide bonds. The maximum atomic E-state index is 12.4. The summed E-state index contributed by atoms with van der Waals surface area (Å²) in [5.41, 5.74) is 6.53. The zero-order valence-electron chi connectivity index (χ0n) is 7.37. The summed E-state index contributed by atoms with van der Waals surface area (Å²) in [4.78, 5) is 3.87. The molecule has 1 aromatic rings. The molecule has 0 radical (unpaired) electrons. The molecule has 1 unspecified atom stereocenters. The molecule has 2 nitrogen and oxygen atoms in total. The lowest BCUT2D eigenvalue weighted by Gasteiger charge is -2.12. The molecule has 0 aromatic carbocycles. The average Bonchev–Trinajstić information content (AvgIpc) is 2.04. The summed E-state index contributed by atoms with van der Waals surface area (Å²) < 4.78 is 24.8. The van der Waals surface area contributed by atoms with Gasteiger partial charge in [-0.25, -0.2) is 8.78 Å². The van der Waals surface area contributed by atoms with E-state index in [1.54, 1.807) is 12.1 Å². The Morgan fingerprint density at radius 3 is 2.69 bits per heavy atom. The van der Waals surface area contributed by atoms with Crippen molar-refractivity contribution in [3.63, 3.8) is 0 Å². The summed E-state index contributed by atoms with van der Waals surface area (Å²) in [6, 6.07) is 3.41. The van der Waals surface area contributed by atoms with Gasteiger partial charge in [-0.1, -0.05) is 0 Å². The number of nitrogens with zero attached hydrogens (tertiary/aromatic N) is 1. The monoisotopic (exact) mass is 186 g/mol. The first-order valence-electron chi connectivity index (χ1n) is 4.06. The van der Waals surface area contributed by atoms with E-state index in [0.717, 1.165) is 5.56 Å². The fourth-order valence-electron chi connectivity index (χ4n) is 1.12. The Morgan fingerprint density at radius 1 is 1.54 bits per heavy atom. The number of aromatic nitrogens is 1. The van der Waals surface area contributed by atoms with Crippen molar-refractivity contribution in [3.05, 3.63) is 29.6 Å². The second-order valence-electron chi connectivity index (χ2n) is 2.93. The van der Waals surface area contributed by atoms with Gasteiger partial charge in [0.15, 0.2) is 0 Å². The van der Waals surface area contributed by atoms with Crippen LogP contribution in [0.1, 0.15) is 17.2 Å². The molecule has 13 heavy (non-hydrogen) atoms. The topological polar surface area (TPSA) is 38.9 Å². The van der Waals surface area contributed by atoms with Gasteiger partial charge in [0.2, 0.25) is 6.43 Å². The predicted molar refractivity (Wildman–Crippen MR) is 46.8 cm³/mol. The summed E-state index contributed by atoms with van der Waals surface area (Å²) in [6.45, 7) is 1.76. The lowest BCUT2D eigenvalue weighted by Crippen LogP contribution is -2.20. The Kier molecular flexibility index (Phi) is 3.31. The molecule has 1 aromatic heterocycles. The molecule has 1 rings (SSSR count). The minimum Gasteiger partial charge on any atom is -0.330 e. The minimum atomic E-state index is -2.45. The minimum absolute atomic E-state index is 0.0753.